The third-order valence-electron chi connectivity index (χ3n) is 1.90. The number of nitrogens with two attached hydrogens (primary N) is 1. The maximum absolute atomic E-state index is 13.1. The van der Waals surface area contributed by atoms with Crippen LogP contribution in [0.3, 0.4) is 0 Å². The summed E-state index contributed by atoms with van der Waals surface area (Å²) in [6, 6.07) is 2.23. The standard InChI is InChI=1S/C9H9F2NO2/c10-6-1-2-7(12)9(8(6)11)14-4-5-3-13-5/h1-2,5H,3-4,12H2. The second kappa shape index (κ2) is 3.42. The first-order chi connectivity index (χ1) is 6.68. The molecule has 0 amide bonds. The zero-order valence-corrected chi connectivity index (χ0v) is 7.30. The molecule has 2 N–H and O–H groups in total. The Balaban J connectivity index is 2.16. The molecule has 0 spiro atoms. The fourth-order valence-electron chi connectivity index (χ4n) is 1.03. The summed E-state index contributed by atoms with van der Waals surface area (Å²) in [4.78, 5) is 0. The topological polar surface area (TPSA) is 47.8 Å². The van der Waals surface area contributed by atoms with Crippen LogP contribution in [-0.4, -0.2) is 19.3 Å². The zero-order chi connectivity index (χ0) is 10.1. The molecule has 1 aliphatic rings. The minimum absolute atomic E-state index is 0.0166. The molecule has 3 nitrogen and oxygen atoms in total. The van der Waals surface area contributed by atoms with Crippen molar-refractivity contribution in [2.75, 3.05) is 18.9 Å². The molecule has 1 aliphatic heterocycles. The molecule has 5 heteroatoms. The Morgan fingerprint density at radius 3 is 2.86 bits per heavy atom. The maximum Gasteiger partial charge on any atom is 0.202 e. The number of halogens is 2. The molecule has 1 unspecified atom stereocenters. The SMILES string of the molecule is Nc1ccc(F)c(F)c1OCC1CO1. The first-order valence-corrected chi connectivity index (χ1v) is 4.16. The van der Waals surface area contributed by atoms with Gasteiger partial charge in [0.2, 0.25) is 5.82 Å². The lowest BCUT2D eigenvalue weighted by Gasteiger charge is -2.08. The molecule has 76 valence electrons. The molecule has 1 fully saturated rings. The third kappa shape index (κ3) is 1.77. The van der Waals surface area contributed by atoms with Gasteiger partial charge in [0.1, 0.15) is 12.7 Å². The lowest BCUT2D eigenvalue weighted by atomic mass is 10.3. The van der Waals surface area contributed by atoms with E-state index in [9.17, 15) is 8.78 Å². The number of epoxide rings is 1. The number of hydrogen-bond acceptors (Lipinski definition) is 3. The quantitative estimate of drug-likeness (QED) is 0.592. The van der Waals surface area contributed by atoms with Gasteiger partial charge in [-0.2, -0.15) is 4.39 Å². The molecule has 1 aromatic carbocycles. The summed E-state index contributed by atoms with van der Waals surface area (Å²) >= 11 is 0. The normalized spacial score (nSPS) is 19.4. The van der Waals surface area contributed by atoms with E-state index in [-0.39, 0.29) is 24.1 Å². The summed E-state index contributed by atoms with van der Waals surface area (Å²) < 4.78 is 35.7. The minimum atomic E-state index is -1.05. The van der Waals surface area contributed by atoms with Gasteiger partial charge in [-0.1, -0.05) is 0 Å². The van der Waals surface area contributed by atoms with Crippen LogP contribution in [0.1, 0.15) is 0 Å². The Bertz CT molecular complexity index is 353. The molecule has 0 radical (unpaired) electrons. The van der Waals surface area contributed by atoms with E-state index >= 15 is 0 Å². The molecule has 1 atom stereocenters. The van der Waals surface area contributed by atoms with E-state index in [1.165, 1.54) is 6.07 Å². The van der Waals surface area contributed by atoms with Gasteiger partial charge in [-0.3, -0.25) is 0 Å². The van der Waals surface area contributed by atoms with Gasteiger partial charge in [0, 0.05) is 0 Å². The van der Waals surface area contributed by atoms with Crippen molar-refractivity contribution in [3.8, 4) is 5.75 Å². The number of hydrogen-bond donors (Lipinski definition) is 1. The summed E-state index contributed by atoms with van der Waals surface area (Å²) in [6.07, 6.45) is -0.0166. The van der Waals surface area contributed by atoms with Gasteiger partial charge in [-0.25, -0.2) is 4.39 Å². The van der Waals surface area contributed by atoms with Crippen LogP contribution in [0.4, 0.5) is 14.5 Å². The Morgan fingerprint density at radius 1 is 1.50 bits per heavy atom. The number of nitrogen functional groups attached to an aromatic ring is 1. The van der Waals surface area contributed by atoms with Gasteiger partial charge < -0.3 is 15.2 Å². The van der Waals surface area contributed by atoms with Gasteiger partial charge in [-0.15, -0.1) is 0 Å². The van der Waals surface area contributed by atoms with Crippen molar-refractivity contribution in [3.05, 3.63) is 23.8 Å². The van der Waals surface area contributed by atoms with E-state index in [2.05, 4.69) is 0 Å². The highest BCUT2D eigenvalue weighted by atomic mass is 19.2. The molecular formula is C9H9F2NO2. The smallest absolute Gasteiger partial charge is 0.202 e. The van der Waals surface area contributed by atoms with Gasteiger partial charge in [0.25, 0.3) is 0 Å². The summed E-state index contributed by atoms with van der Waals surface area (Å²) in [7, 11) is 0. The van der Waals surface area contributed by atoms with E-state index < -0.39 is 11.6 Å². The number of rotatable bonds is 3. The lowest BCUT2D eigenvalue weighted by Crippen LogP contribution is -2.08. The predicted molar refractivity (Wildman–Crippen MR) is 46.0 cm³/mol. The number of anilines is 1. The highest BCUT2D eigenvalue weighted by Gasteiger charge is 2.24. The summed E-state index contributed by atoms with van der Waals surface area (Å²) in [6.45, 7) is 0.793. The van der Waals surface area contributed by atoms with Crippen molar-refractivity contribution < 1.29 is 18.3 Å². The molecule has 0 saturated carbocycles. The molecular weight excluding hydrogens is 192 g/mol. The van der Waals surface area contributed by atoms with Crippen LogP contribution in [0, 0.1) is 11.6 Å². The third-order valence-corrected chi connectivity index (χ3v) is 1.90. The van der Waals surface area contributed by atoms with Crippen LogP contribution >= 0.6 is 0 Å². The Labute approximate surface area is 79.4 Å². The van der Waals surface area contributed by atoms with Gasteiger partial charge in [-0.05, 0) is 12.1 Å². The molecule has 2 rings (SSSR count). The molecule has 0 aliphatic carbocycles. The molecule has 0 bridgehead atoms. The zero-order valence-electron chi connectivity index (χ0n) is 7.30. The van der Waals surface area contributed by atoms with E-state index in [1.54, 1.807) is 0 Å². The fourth-order valence-corrected chi connectivity index (χ4v) is 1.03. The average Bonchev–Trinajstić information content (AvgIpc) is 2.95. The van der Waals surface area contributed by atoms with Gasteiger partial charge >= 0.3 is 0 Å². The highest BCUT2D eigenvalue weighted by Crippen LogP contribution is 2.28. The van der Waals surface area contributed by atoms with Crippen molar-refractivity contribution in [1.82, 2.24) is 0 Å². The van der Waals surface area contributed by atoms with Crippen molar-refractivity contribution in [3.63, 3.8) is 0 Å². The second-order valence-electron chi connectivity index (χ2n) is 3.05. The van der Waals surface area contributed by atoms with Crippen LogP contribution in [0.5, 0.6) is 5.75 Å². The van der Waals surface area contributed by atoms with Crippen LogP contribution in [0.25, 0.3) is 0 Å². The van der Waals surface area contributed by atoms with E-state index in [0.29, 0.717) is 6.61 Å². The van der Waals surface area contributed by atoms with Crippen LogP contribution in [-0.2, 0) is 4.74 Å². The van der Waals surface area contributed by atoms with Gasteiger partial charge in [0.05, 0.1) is 12.3 Å². The first-order valence-electron chi connectivity index (χ1n) is 4.16. The van der Waals surface area contributed by atoms with E-state index in [1.807, 2.05) is 0 Å². The van der Waals surface area contributed by atoms with E-state index in [4.69, 9.17) is 15.2 Å². The number of benzene rings is 1. The Morgan fingerprint density at radius 2 is 2.21 bits per heavy atom. The Kier molecular flexibility index (Phi) is 2.25. The van der Waals surface area contributed by atoms with E-state index in [0.717, 1.165) is 6.07 Å². The average molecular weight is 201 g/mol. The molecule has 1 aromatic rings. The monoisotopic (exact) mass is 201 g/mol. The predicted octanol–water partition coefficient (Wildman–Crippen LogP) is 1.32. The summed E-state index contributed by atoms with van der Waals surface area (Å²) in [5, 5.41) is 0. The molecule has 0 aromatic heterocycles. The maximum atomic E-state index is 13.1. The van der Waals surface area contributed by atoms with Crippen molar-refractivity contribution in [2.24, 2.45) is 0 Å². The highest BCUT2D eigenvalue weighted by molar-refractivity contribution is 5.53. The van der Waals surface area contributed by atoms with Crippen molar-refractivity contribution in [2.45, 2.75) is 6.10 Å². The van der Waals surface area contributed by atoms with Crippen LogP contribution in [0.2, 0.25) is 0 Å². The Hall–Kier alpha value is -1.36. The van der Waals surface area contributed by atoms with Crippen LogP contribution < -0.4 is 10.5 Å². The summed E-state index contributed by atoms with van der Waals surface area (Å²) in [5.41, 5.74) is 5.51. The largest absolute Gasteiger partial charge is 0.485 e. The van der Waals surface area contributed by atoms with Gasteiger partial charge in [0.15, 0.2) is 11.6 Å². The minimum Gasteiger partial charge on any atom is -0.485 e. The number of ether oxygens (including phenoxy) is 2. The molecule has 14 heavy (non-hydrogen) atoms. The first kappa shape index (κ1) is 9.21. The van der Waals surface area contributed by atoms with Crippen molar-refractivity contribution >= 4 is 5.69 Å². The van der Waals surface area contributed by atoms with Crippen LogP contribution in [0.15, 0.2) is 12.1 Å². The summed E-state index contributed by atoms with van der Waals surface area (Å²) in [5.74, 6) is -2.25. The fraction of sp³-hybridized carbons (Fsp3) is 0.333. The molecule has 1 saturated heterocycles. The molecule has 1 heterocycles. The lowest BCUT2D eigenvalue weighted by molar-refractivity contribution is 0.252. The second-order valence-corrected chi connectivity index (χ2v) is 3.05. The van der Waals surface area contributed by atoms with Crippen molar-refractivity contribution in [1.29, 1.82) is 0 Å².